The minimum absolute atomic E-state index is 0. The molecule has 3 heterocycles. The summed E-state index contributed by atoms with van der Waals surface area (Å²) in [5.74, 6) is 1.98. The standard InChI is InChI=1S/C19H36N8S.HI/c1-4-17-22-19(28-23-17)27-15-13-26(14-16-27)18(20-2)21-7-5-9-25-10-6-8-24(3)11-12-25;/h4-16H2,1-3H3,(H,20,21);1H. The van der Waals surface area contributed by atoms with Crippen LogP contribution < -0.4 is 10.2 Å². The van der Waals surface area contributed by atoms with Crippen LogP contribution in [0.3, 0.4) is 0 Å². The number of piperazine rings is 1. The topological polar surface area (TPSA) is 63.1 Å². The molecule has 0 aromatic carbocycles. The summed E-state index contributed by atoms with van der Waals surface area (Å²) in [5.41, 5.74) is 0. The molecule has 10 heteroatoms. The van der Waals surface area contributed by atoms with E-state index in [4.69, 9.17) is 0 Å². The zero-order valence-corrected chi connectivity index (χ0v) is 21.3. The molecule has 2 aliphatic heterocycles. The summed E-state index contributed by atoms with van der Waals surface area (Å²) in [6, 6.07) is 0. The van der Waals surface area contributed by atoms with Crippen molar-refractivity contribution < 1.29 is 0 Å². The molecule has 1 aromatic heterocycles. The Labute approximate surface area is 196 Å². The van der Waals surface area contributed by atoms with E-state index in [-0.39, 0.29) is 24.0 Å². The van der Waals surface area contributed by atoms with Crippen LogP contribution >= 0.6 is 35.5 Å². The minimum Gasteiger partial charge on any atom is -0.356 e. The molecular weight excluding hydrogens is 499 g/mol. The number of guanidine groups is 1. The van der Waals surface area contributed by atoms with Crippen LogP contribution in [-0.2, 0) is 6.42 Å². The first kappa shape index (κ1) is 24.5. The third kappa shape index (κ3) is 7.48. The van der Waals surface area contributed by atoms with Gasteiger partial charge in [-0.25, -0.2) is 4.98 Å². The fourth-order valence-electron chi connectivity index (χ4n) is 3.79. The van der Waals surface area contributed by atoms with E-state index >= 15 is 0 Å². The monoisotopic (exact) mass is 536 g/mol. The van der Waals surface area contributed by atoms with Gasteiger partial charge >= 0.3 is 0 Å². The van der Waals surface area contributed by atoms with E-state index in [0.717, 1.165) is 62.5 Å². The number of hydrogen-bond acceptors (Lipinski definition) is 7. The lowest BCUT2D eigenvalue weighted by Crippen LogP contribution is -2.52. The Bertz CT molecular complexity index is 617. The number of aromatic nitrogens is 2. The number of nitrogens with one attached hydrogen (secondary N) is 1. The van der Waals surface area contributed by atoms with Gasteiger partial charge in [0.2, 0.25) is 5.13 Å². The van der Waals surface area contributed by atoms with Crippen molar-refractivity contribution in [3.63, 3.8) is 0 Å². The van der Waals surface area contributed by atoms with Gasteiger partial charge in [-0.2, -0.15) is 4.37 Å². The fraction of sp³-hybridized carbons (Fsp3) is 0.842. The van der Waals surface area contributed by atoms with Gasteiger partial charge in [0.05, 0.1) is 0 Å². The molecule has 2 saturated heterocycles. The maximum Gasteiger partial charge on any atom is 0.205 e. The molecule has 0 unspecified atom stereocenters. The molecule has 166 valence electrons. The molecular formula is C19H37IN8S. The molecule has 0 saturated carbocycles. The van der Waals surface area contributed by atoms with E-state index in [9.17, 15) is 0 Å². The van der Waals surface area contributed by atoms with Crippen molar-refractivity contribution >= 4 is 46.6 Å². The average Bonchev–Trinajstić information content (AvgIpc) is 3.11. The number of rotatable bonds is 6. The van der Waals surface area contributed by atoms with Crippen LogP contribution in [0.4, 0.5) is 5.13 Å². The van der Waals surface area contributed by atoms with Crippen molar-refractivity contribution in [1.29, 1.82) is 0 Å². The number of nitrogens with zero attached hydrogens (tertiary/aromatic N) is 7. The lowest BCUT2D eigenvalue weighted by Gasteiger charge is -2.36. The van der Waals surface area contributed by atoms with Gasteiger partial charge in [-0.1, -0.05) is 6.92 Å². The smallest absolute Gasteiger partial charge is 0.205 e. The maximum atomic E-state index is 4.62. The second-order valence-corrected chi connectivity index (χ2v) is 8.38. The summed E-state index contributed by atoms with van der Waals surface area (Å²) in [6.07, 6.45) is 3.35. The van der Waals surface area contributed by atoms with Crippen LogP contribution in [0.15, 0.2) is 4.99 Å². The van der Waals surface area contributed by atoms with E-state index in [1.54, 1.807) is 0 Å². The Balaban J connectivity index is 0.00000300. The largest absolute Gasteiger partial charge is 0.356 e. The molecule has 8 nitrogen and oxygen atoms in total. The van der Waals surface area contributed by atoms with E-state index in [2.05, 4.69) is 53.2 Å². The van der Waals surface area contributed by atoms with Crippen LogP contribution in [0.2, 0.25) is 0 Å². The first-order valence-corrected chi connectivity index (χ1v) is 11.4. The predicted molar refractivity (Wildman–Crippen MR) is 133 cm³/mol. The third-order valence-corrected chi connectivity index (χ3v) is 6.40. The van der Waals surface area contributed by atoms with Crippen molar-refractivity contribution in [2.75, 3.05) is 84.4 Å². The third-order valence-electron chi connectivity index (χ3n) is 5.58. The van der Waals surface area contributed by atoms with Crippen molar-refractivity contribution in [1.82, 2.24) is 29.4 Å². The summed E-state index contributed by atoms with van der Waals surface area (Å²) in [7, 11) is 4.11. The first-order valence-electron chi connectivity index (χ1n) is 10.6. The molecule has 29 heavy (non-hydrogen) atoms. The quantitative estimate of drug-likeness (QED) is 0.256. The van der Waals surface area contributed by atoms with Gasteiger partial charge in [0.25, 0.3) is 0 Å². The highest BCUT2D eigenvalue weighted by Crippen LogP contribution is 2.19. The zero-order chi connectivity index (χ0) is 19.8. The summed E-state index contributed by atoms with van der Waals surface area (Å²) in [4.78, 5) is 18.9. The molecule has 0 atom stereocenters. The summed E-state index contributed by atoms with van der Waals surface area (Å²) < 4.78 is 4.41. The maximum absolute atomic E-state index is 4.62. The number of likely N-dealkylation sites (N-methyl/N-ethyl adjacent to an activating group) is 1. The van der Waals surface area contributed by atoms with Gasteiger partial charge < -0.3 is 24.9 Å². The number of aryl methyl sites for hydroxylation is 1. The average molecular weight is 537 g/mol. The molecule has 0 aliphatic carbocycles. The lowest BCUT2D eigenvalue weighted by atomic mass is 10.3. The molecule has 3 rings (SSSR count). The van der Waals surface area contributed by atoms with Crippen LogP contribution in [0, 0.1) is 0 Å². The molecule has 0 radical (unpaired) electrons. The zero-order valence-electron chi connectivity index (χ0n) is 18.1. The number of hydrogen-bond donors (Lipinski definition) is 1. The Hall–Kier alpha value is -0.720. The Morgan fingerprint density at radius 2 is 1.90 bits per heavy atom. The van der Waals surface area contributed by atoms with Gasteiger partial charge in [-0.05, 0) is 39.5 Å². The van der Waals surface area contributed by atoms with E-state index in [1.165, 1.54) is 50.7 Å². The van der Waals surface area contributed by atoms with Crippen LogP contribution in [0.1, 0.15) is 25.6 Å². The van der Waals surface area contributed by atoms with Crippen molar-refractivity contribution in [3.05, 3.63) is 5.82 Å². The molecule has 0 bridgehead atoms. The summed E-state index contributed by atoms with van der Waals surface area (Å²) >= 11 is 1.52. The second-order valence-electron chi connectivity index (χ2n) is 7.65. The van der Waals surface area contributed by atoms with Crippen molar-refractivity contribution in [2.45, 2.75) is 26.2 Å². The van der Waals surface area contributed by atoms with Gasteiger partial charge in [0, 0.05) is 70.8 Å². The Kier molecular flexibility index (Phi) is 10.9. The van der Waals surface area contributed by atoms with Crippen LogP contribution in [0.25, 0.3) is 0 Å². The second kappa shape index (κ2) is 12.9. The highest BCUT2D eigenvalue weighted by Gasteiger charge is 2.22. The van der Waals surface area contributed by atoms with Gasteiger partial charge in [0.15, 0.2) is 5.96 Å². The van der Waals surface area contributed by atoms with E-state index in [0.29, 0.717) is 0 Å². The van der Waals surface area contributed by atoms with E-state index < -0.39 is 0 Å². The minimum atomic E-state index is 0. The molecule has 2 aliphatic rings. The number of aliphatic imine (C=N–C) groups is 1. The Morgan fingerprint density at radius 3 is 2.59 bits per heavy atom. The molecule has 0 amide bonds. The molecule has 0 spiro atoms. The highest BCUT2D eigenvalue weighted by molar-refractivity contribution is 14.0. The number of anilines is 1. The summed E-state index contributed by atoms with van der Waals surface area (Å²) in [6.45, 7) is 13.0. The molecule has 2 fully saturated rings. The van der Waals surface area contributed by atoms with Crippen LogP contribution in [-0.4, -0.2) is 110 Å². The van der Waals surface area contributed by atoms with Crippen molar-refractivity contribution in [3.8, 4) is 0 Å². The van der Waals surface area contributed by atoms with Crippen LogP contribution in [0.5, 0.6) is 0 Å². The molecule has 1 N–H and O–H groups in total. The SMILES string of the molecule is CCc1nsc(N2CCN(C(=NC)NCCCN3CCCN(C)CC3)CC2)n1.I. The fourth-order valence-corrected chi connectivity index (χ4v) is 4.59. The van der Waals surface area contributed by atoms with Gasteiger partial charge in [-0.15, -0.1) is 24.0 Å². The normalized spacial score (nSPS) is 19.8. The van der Waals surface area contributed by atoms with Gasteiger partial charge in [0.1, 0.15) is 5.82 Å². The molecule has 1 aromatic rings. The van der Waals surface area contributed by atoms with Gasteiger partial charge in [-0.3, -0.25) is 4.99 Å². The predicted octanol–water partition coefficient (Wildman–Crippen LogP) is 1.44. The first-order chi connectivity index (χ1) is 13.7. The Morgan fingerprint density at radius 1 is 1.10 bits per heavy atom. The van der Waals surface area contributed by atoms with Crippen molar-refractivity contribution in [2.24, 2.45) is 4.99 Å². The van der Waals surface area contributed by atoms with E-state index in [1.807, 2.05) is 7.05 Å². The highest BCUT2D eigenvalue weighted by atomic mass is 127. The lowest BCUT2D eigenvalue weighted by molar-refractivity contribution is 0.273. The summed E-state index contributed by atoms with van der Waals surface area (Å²) in [5, 5.41) is 4.62. The number of halogens is 1.